The maximum atomic E-state index is 10.0. The van der Waals surface area contributed by atoms with Crippen molar-refractivity contribution in [1.29, 1.82) is 0 Å². The molecule has 0 bridgehead atoms. The van der Waals surface area contributed by atoms with E-state index in [9.17, 15) is 5.11 Å². The fraction of sp³-hybridized carbons (Fsp3) is 0.188. The molecule has 1 aliphatic rings. The smallest absolute Gasteiger partial charge is 0.121 e. The van der Waals surface area contributed by atoms with Gasteiger partial charge in [-0.25, -0.2) is 0 Å². The summed E-state index contributed by atoms with van der Waals surface area (Å²) in [7, 11) is 1.62. The summed E-state index contributed by atoms with van der Waals surface area (Å²) in [4.78, 5) is 0. The van der Waals surface area contributed by atoms with E-state index in [1.54, 1.807) is 19.2 Å². The Labute approximate surface area is 117 Å². The van der Waals surface area contributed by atoms with Gasteiger partial charge in [-0.3, -0.25) is 0 Å². The number of ether oxygens (including phenoxy) is 1. The van der Waals surface area contributed by atoms with Crippen molar-refractivity contribution < 1.29 is 9.84 Å². The van der Waals surface area contributed by atoms with E-state index < -0.39 is 0 Å². The molecule has 0 aliphatic carbocycles. The minimum Gasteiger partial charge on any atom is -0.508 e. The maximum Gasteiger partial charge on any atom is 0.121 e. The van der Waals surface area contributed by atoms with Crippen molar-refractivity contribution in [3.63, 3.8) is 0 Å². The molecule has 1 aliphatic heterocycles. The Bertz CT molecular complexity index is 638. The third-order valence-corrected chi connectivity index (χ3v) is 3.47. The van der Waals surface area contributed by atoms with Gasteiger partial charge in [0.2, 0.25) is 0 Å². The highest BCUT2D eigenvalue weighted by Gasteiger charge is 2.23. The first-order valence-corrected chi connectivity index (χ1v) is 6.52. The Morgan fingerprint density at radius 3 is 2.75 bits per heavy atom. The summed E-state index contributed by atoms with van der Waals surface area (Å²) in [5.41, 5.74) is 5.99. The van der Waals surface area contributed by atoms with E-state index in [0.29, 0.717) is 0 Å². The second-order valence-corrected chi connectivity index (χ2v) is 4.74. The molecular formula is C16H16N2O2. The van der Waals surface area contributed by atoms with E-state index in [-0.39, 0.29) is 11.8 Å². The first-order valence-electron chi connectivity index (χ1n) is 6.52. The Morgan fingerprint density at radius 2 is 2.00 bits per heavy atom. The number of nitrogens with zero attached hydrogens (tertiary/aromatic N) is 1. The van der Waals surface area contributed by atoms with Crippen molar-refractivity contribution in [2.24, 2.45) is 5.10 Å². The molecule has 0 aromatic heterocycles. The van der Waals surface area contributed by atoms with Crippen LogP contribution < -0.4 is 10.2 Å². The first kappa shape index (κ1) is 12.5. The second kappa shape index (κ2) is 5.25. The first-order chi connectivity index (χ1) is 9.78. The summed E-state index contributed by atoms with van der Waals surface area (Å²) in [5.74, 6) is 0.987. The molecule has 4 nitrogen and oxygen atoms in total. The molecule has 0 radical (unpaired) electrons. The average Bonchev–Trinajstić information content (AvgIpc) is 2.98. The molecule has 1 unspecified atom stereocenters. The third kappa shape index (κ3) is 2.32. The number of phenolic OH excluding ortho intramolecular Hbond substituents is 1. The molecule has 0 saturated carbocycles. The zero-order valence-corrected chi connectivity index (χ0v) is 11.2. The van der Waals surface area contributed by atoms with Crippen LogP contribution in [0.4, 0.5) is 0 Å². The molecule has 4 heteroatoms. The van der Waals surface area contributed by atoms with Crippen LogP contribution in [0.15, 0.2) is 53.6 Å². The van der Waals surface area contributed by atoms with Crippen LogP contribution >= 0.6 is 0 Å². The minimum atomic E-state index is -0.0275. The molecule has 0 saturated heterocycles. The van der Waals surface area contributed by atoms with Crippen LogP contribution in [0.2, 0.25) is 0 Å². The Balaban J connectivity index is 1.82. The van der Waals surface area contributed by atoms with Crippen molar-refractivity contribution in [2.75, 3.05) is 7.11 Å². The summed E-state index contributed by atoms with van der Waals surface area (Å²) in [6, 6.07) is 15.3. The number of benzene rings is 2. The monoisotopic (exact) mass is 268 g/mol. The highest BCUT2D eigenvalue weighted by Crippen LogP contribution is 2.33. The number of hydrogen-bond acceptors (Lipinski definition) is 4. The molecule has 3 rings (SSSR count). The van der Waals surface area contributed by atoms with E-state index in [4.69, 9.17) is 4.74 Å². The Kier molecular flexibility index (Phi) is 3.29. The third-order valence-electron chi connectivity index (χ3n) is 3.47. The van der Waals surface area contributed by atoms with E-state index in [0.717, 1.165) is 29.0 Å². The Morgan fingerprint density at radius 1 is 1.20 bits per heavy atom. The van der Waals surface area contributed by atoms with Crippen LogP contribution in [0, 0.1) is 0 Å². The fourth-order valence-electron chi connectivity index (χ4n) is 2.37. The van der Waals surface area contributed by atoms with Gasteiger partial charge in [-0.1, -0.05) is 30.3 Å². The average molecular weight is 268 g/mol. The van der Waals surface area contributed by atoms with Gasteiger partial charge in [0.25, 0.3) is 0 Å². The number of methoxy groups -OCH3 is 1. The van der Waals surface area contributed by atoms with Crippen molar-refractivity contribution in [2.45, 2.75) is 12.5 Å². The van der Waals surface area contributed by atoms with Gasteiger partial charge in [0, 0.05) is 12.0 Å². The highest BCUT2D eigenvalue weighted by molar-refractivity contribution is 6.01. The van der Waals surface area contributed by atoms with Crippen molar-refractivity contribution in [3.05, 3.63) is 59.7 Å². The van der Waals surface area contributed by atoms with Crippen LogP contribution in [-0.2, 0) is 0 Å². The largest absolute Gasteiger partial charge is 0.508 e. The quantitative estimate of drug-likeness (QED) is 0.900. The number of aromatic hydroxyl groups is 1. The zero-order chi connectivity index (χ0) is 13.9. The summed E-state index contributed by atoms with van der Waals surface area (Å²) < 4.78 is 5.20. The molecule has 20 heavy (non-hydrogen) atoms. The molecule has 2 aromatic rings. The summed E-state index contributed by atoms with van der Waals surface area (Å²) in [5, 5.41) is 14.4. The van der Waals surface area contributed by atoms with Gasteiger partial charge in [-0.05, 0) is 23.8 Å². The minimum absolute atomic E-state index is 0.0275. The topological polar surface area (TPSA) is 53.9 Å². The van der Waals surface area contributed by atoms with Gasteiger partial charge in [-0.15, -0.1) is 0 Å². The van der Waals surface area contributed by atoms with Crippen LogP contribution in [0.3, 0.4) is 0 Å². The van der Waals surface area contributed by atoms with Crippen LogP contribution in [-0.4, -0.2) is 17.9 Å². The lowest BCUT2D eigenvalue weighted by Crippen LogP contribution is -2.10. The SMILES string of the molecule is COc1ccc(O)c(C2CC(c3ccccc3)=NN2)c1. The summed E-state index contributed by atoms with van der Waals surface area (Å²) >= 11 is 0. The fourth-order valence-corrected chi connectivity index (χ4v) is 2.37. The predicted molar refractivity (Wildman–Crippen MR) is 78.1 cm³/mol. The second-order valence-electron chi connectivity index (χ2n) is 4.74. The number of rotatable bonds is 3. The maximum absolute atomic E-state index is 10.0. The van der Waals surface area contributed by atoms with Crippen molar-refractivity contribution in [3.8, 4) is 11.5 Å². The highest BCUT2D eigenvalue weighted by atomic mass is 16.5. The van der Waals surface area contributed by atoms with Gasteiger partial charge >= 0.3 is 0 Å². The molecule has 102 valence electrons. The molecule has 2 N–H and O–H groups in total. The van der Waals surface area contributed by atoms with Gasteiger partial charge in [0.15, 0.2) is 0 Å². The lowest BCUT2D eigenvalue weighted by atomic mass is 9.98. The molecular weight excluding hydrogens is 252 g/mol. The van der Waals surface area contributed by atoms with Crippen LogP contribution in [0.25, 0.3) is 0 Å². The molecule has 1 heterocycles. The molecule has 0 amide bonds. The van der Waals surface area contributed by atoms with E-state index >= 15 is 0 Å². The lowest BCUT2D eigenvalue weighted by molar-refractivity contribution is 0.408. The molecule has 2 aromatic carbocycles. The number of hydrazone groups is 1. The van der Waals surface area contributed by atoms with Gasteiger partial charge < -0.3 is 15.3 Å². The predicted octanol–water partition coefficient (Wildman–Crippen LogP) is 2.84. The molecule has 0 fully saturated rings. The van der Waals surface area contributed by atoms with E-state index in [1.807, 2.05) is 36.4 Å². The van der Waals surface area contributed by atoms with Gasteiger partial charge in [0.05, 0.1) is 18.9 Å². The number of phenols is 1. The molecule has 0 spiro atoms. The summed E-state index contributed by atoms with van der Waals surface area (Å²) in [6.45, 7) is 0. The van der Waals surface area contributed by atoms with Crippen LogP contribution in [0.5, 0.6) is 11.5 Å². The van der Waals surface area contributed by atoms with E-state index in [2.05, 4.69) is 10.5 Å². The standard InChI is InChI=1S/C16H16N2O2/c1-20-12-7-8-16(19)13(9-12)15-10-14(17-18-15)11-5-3-2-4-6-11/h2-9,15,18-19H,10H2,1H3. The zero-order valence-electron chi connectivity index (χ0n) is 11.2. The van der Waals surface area contributed by atoms with Crippen molar-refractivity contribution >= 4 is 5.71 Å². The number of nitrogens with one attached hydrogen (secondary N) is 1. The van der Waals surface area contributed by atoms with Gasteiger partial charge in [-0.2, -0.15) is 5.10 Å². The lowest BCUT2D eigenvalue weighted by Gasteiger charge is -2.13. The van der Waals surface area contributed by atoms with Gasteiger partial charge in [0.1, 0.15) is 11.5 Å². The summed E-state index contributed by atoms with van der Waals surface area (Å²) in [6.07, 6.45) is 0.741. The van der Waals surface area contributed by atoms with Crippen molar-refractivity contribution in [1.82, 2.24) is 5.43 Å². The van der Waals surface area contributed by atoms with E-state index in [1.165, 1.54) is 0 Å². The number of hydrogen-bond donors (Lipinski definition) is 2. The normalized spacial score (nSPS) is 17.4. The van der Waals surface area contributed by atoms with Crippen LogP contribution in [0.1, 0.15) is 23.6 Å². The Hall–Kier alpha value is -2.49. The molecule has 1 atom stereocenters.